The standard InChI is InChI=1S/C31H36FNO6S/c1-21-15-27(39-20-31(38-3)11-13-40(36,37)14-12-31)16-22(2)30(21)25-6-4-5-23(17-25)19-33-26-9-7-24(28(32)18-26)8-10-29(34)35/h4-7,9,15-18,33H,8,10-14,19-20H2,1-3H3,(H,34,35). The fraction of sp³-hybridized carbons (Fsp3) is 0.387. The predicted molar refractivity (Wildman–Crippen MR) is 154 cm³/mol. The molecular weight excluding hydrogens is 533 g/mol. The van der Waals surface area contributed by atoms with Crippen LogP contribution in [0.2, 0.25) is 0 Å². The highest BCUT2D eigenvalue weighted by molar-refractivity contribution is 7.91. The number of rotatable bonds is 11. The van der Waals surface area contributed by atoms with Crippen molar-refractivity contribution in [3.8, 4) is 16.9 Å². The number of benzene rings is 3. The second-order valence-corrected chi connectivity index (χ2v) is 12.8. The Morgan fingerprint density at radius 2 is 1.75 bits per heavy atom. The van der Waals surface area contributed by atoms with Crippen LogP contribution in [0.1, 0.15) is 41.5 Å². The van der Waals surface area contributed by atoms with E-state index >= 15 is 0 Å². The van der Waals surface area contributed by atoms with E-state index in [9.17, 15) is 17.6 Å². The minimum absolute atomic E-state index is 0.108. The van der Waals surface area contributed by atoms with Gasteiger partial charge < -0.3 is 19.9 Å². The number of hydrogen-bond acceptors (Lipinski definition) is 6. The van der Waals surface area contributed by atoms with Gasteiger partial charge in [0, 0.05) is 25.8 Å². The van der Waals surface area contributed by atoms with E-state index < -0.39 is 27.2 Å². The van der Waals surface area contributed by atoms with Gasteiger partial charge in [-0.3, -0.25) is 4.79 Å². The fourth-order valence-corrected chi connectivity index (χ4v) is 6.71. The predicted octanol–water partition coefficient (Wildman–Crippen LogP) is 5.71. The molecule has 7 nitrogen and oxygen atoms in total. The number of halogens is 1. The number of nitrogens with one attached hydrogen (secondary N) is 1. The van der Waals surface area contributed by atoms with Gasteiger partial charge in [0.15, 0.2) is 9.84 Å². The van der Waals surface area contributed by atoms with Crippen LogP contribution in [0.15, 0.2) is 54.6 Å². The molecule has 1 aliphatic rings. The van der Waals surface area contributed by atoms with Crippen molar-refractivity contribution < 1.29 is 32.2 Å². The summed E-state index contributed by atoms with van der Waals surface area (Å²) in [5, 5.41) is 12.1. The molecule has 3 aromatic rings. The van der Waals surface area contributed by atoms with Gasteiger partial charge in [0.25, 0.3) is 0 Å². The summed E-state index contributed by atoms with van der Waals surface area (Å²) in [7, 11) is -1.40. The number of carbonyl (C=O) groups is 1. The van der Waals surface area contributed by atoms with Gasteiger partial charge in [0.05, 0.1) is 11.5 Å². The highest BCUT2D eigenvalue weighted by atomic mass is 32.2. The highest BCUT2D eigenvalue weighted by Crippen LogP contribution is 2.33. The van der Waals surface area contributed by atoms with Gasteiger partial charge >= 0.3 is 5.97 Å². The largest absolute Gasteiger partial charge is 0.491 e. The molecule has 0 bridgehead atoms. The van der Waals surface area contributed by atoms with Crippen LogP contribution in [-0.4, -0.2) is 50.3 Å². The van der Waals surface area contributed by atoms with E-state index in [0.29, 0.717) is 37.2 Å². The Balaban J connectivity index is 1.43. The van der Waals surface area contributed by atoms with Crippen LogP contribution in [-0.2, 0) is 32.3 Å². The van der Waals surface area contributed by atoms with Crippen LogP contribution >= 0.6 is 0 Å². The molecule has 4 rings (SSSR count). The summed E-state index contributed by atoms with van der Waals surface area (Å²) in [6.07, 6.45) is 0.890. The SMILES string of the molecule is COC1(COc2cc(C)c(-c3cccc(CNc4ccc(CCC(=O)O)c(F)c4)c3)c(C)c2)CCS(=O)(=O)CC1. The first-order chi connectivity index (χ1) is 19.0. The zero-order valence-electron chi connectivity index (χ0n) is 23.1. The highest BCUT2D eigenvalue weighted by Gasteiger charge is 2.38. The first kappa shape index (κ1) is 29.6. The number of methoxy groups -OCH3 is 1. The number of sulfone groups is 1. The van der Waals surface area contributed by atoms with E-state index in [1.165, 1.54) is 6.07 Å². The molecule has 0 spiro atoms. The molecular formula is C31H36FNO6S. The van der Waals surface area contributed by atoms with Crippen LogP contribution in [0.25, 0.3) is 11.1 Å². The van der Waals surface area contributed by atoms with Gasteiger partial charge in [-0.1, -0.05) is 24.3 Å². The minimum atomic E-state index is -3.00. The summed E-state index contributed by atoms with van der Waals surface area (Å²) in [4.78, 5) is 10.8. The second kappa shape index (κ2) is 12.4. The maximum Gasteiger partial charge on any atom is 0.303 e. The Hall–Kier alpha value is -3.43. The quantitative estimate of drug-likeness (QED) is 0.305. The molecule has 214 valence electrons. The van der Waals surface area contributed by atoms with Gasteiger partial charge in [-0.05, 0) is 96.8 Å². The van der Waals surface area contributed by atoms with Crippen LogP contribution in [0.4, 0.5) is 10.1 Å². The normalized spacial score (nSPS) is 15.9. The lowest BCUT2D eigenvalue weighted by molar-refractivity contribution is -0.136. The van der Waals surface area contributed by atoms with E-state index in [-0.39, 0.29) is 24.3 Å². The Kier molecular flexibility index (Phi) is 9.15. The molecule has 1 heterocycles. The third kappa shape index (κ3) is 7.40. The van der Waals surface area contributed by atoms with Crippen LogP contribution in [0.5, 0.6) is 5.75 Å². The van der Waals surface area contributed by atoms with Crippen molar-refractivity contribution in [2.75, 3.05) is 30.5 Å². The summed E-state index contributed by atoms with van der Waals surface area (Å²) in [5.41, 5.74) is 5.71. The van der Waals surface area contributed by atoms with E-state index in [1.807, 2.05) is 38.1 Å². The molecule has 2 N–H and O–H groups in total. The molecule has 0 saturated carbocycles. The number of anilines is 1. The molecule has 1 saturated heterocycles. The molecule has 0 aliphatic carbocycles. The number of carboxylic acid groups (broad SMARTS) is 1. The summed E-state index contributed by atoms with van der Waals surface area (Å²) >= 11 is 0. The number of carboxylic acids is 1. The monoisotopic (exact) mass is 569 g/mol. The first-order valence-electron chi connectivity index (χ1n) is 13.3. The molecule has 9 heteroatoms. The van der Waals surface area contributed by atoms with Crippen molar-refractivity contribution in [2.24, 2.45) is 0 Å². The Bertz CT molecular complexity index is 1450. The first-order valence-corrected chi connectivity index (χ1v) is 15.1. The van der Waals surface area contributed by atoms with Gasteiger partial charge in [-0.15, -0.1) is 0 Å². The summed E-state index contributed by atoms with van der Waals surface area (Å²) in [6, 6.07) is 16.9. The van der Waals surface area contributed by atoms with Crippen molar-refractivity contribution in [3.63, 3.8) is 0 Å². The molecule has 40 heavy (non-hydrogen) atoms. The van der Waals surface area contributed by atoms with Crippen LogP contribution in [0, 0.1) is 19.7 Å². The Morgan fingerprint density at radius 1 is 1.05 bits per heavy atom. The van der Waals surface area contributed by atoms with E-state index in [0.717, 1.165) is 33.6 Å². The summed E-state index contributed by atoms with van der Waals surface area (Å²) in [6.45, 7) is 4.86. The molecule has 1 aliphatic heterocycles. The third-order valence-electron chi connectivity index (χ3n) is 7.55. The van der Waals surface area contributed by atoms with Gasteiger partial charge in [0.1, 0.15) is 23.8 Å². The lowest BCUT2D eigenvalue weighted by Crippen LogP contribution is -2.45. The minimum Gasteiger partial charge on any atom is -0.491 e. The zero-order valence-corrected chi connectivity index (χ0v) is 23.9. The Morgan fingerprint density at radius 3 is 2.38 bits per heavy atom. The third-order valence-corrected chi connectivity index (χ3v) is 9.20. The topological polar surface area (TPSA) is 102 Å². The molecule has 0 atom stereocenters. The van der Waals surface area contributed by atoms with Gasteiger partial charge in [-0.2, -0.15) is 0 Å². The second-order valence-electron chi connectivity index (χ2n) is 10.5. The van der Waals surface area contributed by atoms with Crippen molar-refractivity contribution in [3.05, 3.63) is 82.7 Å². The van der Waals surface area contributed by atoms with Gasteiger partial charge in [0.2, 0.25) is 0 Å². The van der Waals surface area contributed by atoms with E-state index in [1.54, 1.807) is 19.2 Å². The number of hydrogen-bond donors (Lipinski definition) is 2. The maximum absolute atomic E-state index is 14.4. The van der Waals surface area contributed by atoms with Crippen LogP contribution < -0.4 is 10.1 Å². The van der Waals surface area contributed by atoms with E-state index in [4.69, 9.17) is 14.6 Å². The van der Waals surface area contributed by atoms with Crippen molar-refractivity contribution >= 4 is 21.5 Å². The number of aryl methyl sites for hydroxylation is 3. The molecule has 0 radical (unpaired) electrons. The lowest BCUT2D eigenvalue weighted by Gasteiger charge is -2.35. The smallest absolute Gasteiger partial charge is 0.303 e. The summed E-state index contributed by atoms with van der Waals surface area (Å²) < 4.78 is 50.0. The molecule has 0 amide bonds. The molecule has 0 aromatic heterocycles. The van der Waals surface area contributed by atoms with Crippen molar-refractivity contribution in [2.45, 2.75) is 51.7 Å². The number of aliphatic carboxylic acids is 1. The van der Waals surface area contributed by atoms with Crippen LogP contribution in [0.3, 0.4) is 0 Å². The molecule has 1 fully saturated rings. The Labute approximate surface area is 235 Å². The zero-order chi connectivity index (χ0) is 28.9. The lowest BCUT2D eigenvalue weighted by atomic mass is 9.94. The fourth-order valence-electron chi connectivity index (χ4n) is 5.14. The van der Waals surface area contributed by atoms with E-state index in [2.05, 4.69) is 17.4 Å². The van der Waals surface area contributed by atoms with Gasteiger partial charge in [-0.25, -0.2) is 12.8 Å². The van der Waals surface area contributed by atoms with Crippen molar-refractivity contribution in [1.29, 1.82) is 0 Å². The average Bonchev–Trinajstić information content (AvgIpc) is 2.91. The maximum atomic E-state index is 14.4. The molecule has 0 unspecified atom stereocenters. The van der Waals surface area contributed by atoms with Crippen molar-refractivity contribution in [1.82, 2.24) is 0 Å². The number of ether oxygens (including phenoxy) is 2. The summed E-state index contributed by atoms with van der Waals surface area (Å²) in [5.74, 6) is -0.430. The average molecular weight is 570 g/mol. The molecule has 3 aromatic carbocycles.